The van der Waals surface area contributed by atoms with Gasteiger partial charge >= 0.3 is 5.97 Å². The molecule has 0 fully saturated rings. The Morgan fingerprint density at radius 1 is 1.45 bits per heavy atom. The molecule has 5 heteroatoms. The molecule has 0 spiro atoms. The predicted octanol–water partition coefficient (Wildman–Crippen LogP) is 2.14. The van der Waals surface area contributed by atoms with Crippen molar-refractivity contribution in [3.05, 3.63) is 29.6 Å². The van der Waals surface area contributed by atoms with Crippen LogP contribution < -0.4 is 5.32 Å². The van der Waals surface area contributed by atoms with E-state index >= 15 is 0 Å². The number of aromatic nitrogens is 1. The third-order valence-electron chi connectivity index (χ3n) is 3.90. The van der Waals surface area contributed by atoms with Gasteiger partial charge < -0.3 is 10.4 Å². The number of carboxylic acid groups (broad SMARTS) is 1. The molecule has 0 aliphatic heterocycles. The Morgan fingerprint density at radius 3 is 2.60 bits per heavy atom. The first-order chi connectivity index (χ1) is 9.27. The molecule has 0 aliphatic rings. The van der Waals surface area contributed by atoms with Crippen LogP contribution >= 0.6 is 0 Å². The number of aliphatic carboxylic acids is 1. The average Bonchev–Trinajstić information content (AvgIpc) is 2.37. The Bertz CT molecular complexity index is 500. The van der Waals surface area contributed by atoms with E-state index in [1.54, 1.807) is 19.3 Å². The van der Waals surface area contributed by atoms with Crippen LogP contribution in [0.5, 0.6) is 0 Å². The van der Waals surface area contributed by atoms with E-state index < -0.39 is 11.4 Å². The monoisotopic (exact) mass is 278 g/mol. The summed E-state index contributed by atoms with van der Waals surface area (Å²) in [6.07, 6.45) is 3.38. The fraction of sp³-hybridized carbons (Fsp3) is 0.533. The number of nitrogens with zero attached hydrogens (tertiary/aromatic N) is 1. The Hall–Kier alpha value is -1.91. The summed E-state index contributed by atoms with van der Waals surface area (Å²) in [6, 6.07) is 1.84. The molecular weight excluding hydrogens is 256 g/mol. The van der Waals surface area contributed by atoms with Crippen LogP contribution in [0.1, 0.15) is 38.3 Å². The lowest BCUT2D eigenvalue weighted by atomic mass is 9.76. The van der Waals surface area contributed by atoms with Gasteiger partial charge in [-0.25, -0.2) is 0 Å². The van der Waals surface area contributed by atoms with E-state index in [4.69, 9.17) is 0 Å². The van der Waals surface area contributed by atoms with Crippen molar-refractivity contribution in [1.29, 1.82) is 0 Å². The molecule has 0 aliphatic carbocycles. The van der Waals surface area contributed by atoms with Crippen LogP contribution in [0, 0.1) is 18.3 Å². The first-order valence-corrected chi connectivity index (χ1v) is 6.67. The predicted molar refractivity (Wildman–Crippen MR) is 76.0 cm³/mol. The van der Waals surface area contributed by atoms with Gasteiger partial charge in [-0.1, -0.05) is 13.8 Å². The van der Waals surface area contributed by atoms with E-state index in [-0.39, 0.29) is 18.2 Å². The highest BCUT2D eigenvalue weighted by Gasteiger charge is 2.38. The highest BCUT2D eigenvalue weighted by atomic mass is 16.4. The summed E-state index contributed by atoms with van der Waals surface area (Å²) in [6.45, 7) is 7.55. The van der Waals surface area contributed by atoms with Crippen LogP contribution in [0.25, 0.3) is 0 Å². The molecule has 20 heavy (non-hydrogen) atoms. The number of amides is 1. The number of carboxylic acids is 1. The summed E-state index contributed by atoms with van der Waals surface area (Å²) in [5, 5.41) is 12.1. The summed E-state index contributed by atoms with van der Waals surface area (Å²) in [5.41, 5.74) is 0.935. The largest absolute Gasteiger partial charge is 0.481 e. The Kier molecular flexibility index (Phi) is 5.25. The second kappa shape index (κ2) is 6.50. The number of rotatable bonds is 6. The van der Waals surface area contributed by atoms with Crippen molar-refractivity contribution >= 4 is 11.9 Å². The van der Waals surface area contributed by atoms with E-state index in [0.29, 0.717) is 6.54 Å². The molecule has 0 saturated heterocycles. The zero-order valence-corrected chi connectivity index (χ0v) is 12.4. The molecule has 1 aromatic rings. The summed E-state index contributed by atoms with van der Waals surface area (Å²) >= 11 is 0. The van der Waals surface area contributed by atoms with Crippen molar-refractivity contribution in [2.75, 3.05) is 0 Å². The van der Waals surface area contributed by atoms with Crippen molar-refractivity contribution in [3.8, 4) is 0 Å². The minimum atomic E-state index is -1.04. The third kappa shape index (κ3) is 3.79. The molecule has 1 rings (SSSR count). The van der Waals surface area contributed by atoms with Crippen molar-refractivity contribution < 1.29 is 14.7 Å². The van der Waals surface area contributed by atoms with Crippen molar-refractivity contribution in [2.45, 2.75) is 40.7 Å². The smallest absolute Gasteiger partial charge is 0.310 e. The van der Waals surface area contributed by atoms with Gasteiger partial charge in [0.15, 0.2) is 0 Å². The molecule has 0 radical (unpaired) electrons. The van der Waals surface area contributed by atoms with E-state index in [9.17, 15) is 14.7 Å². The van der Waals surface area contributed by atoms with Crippen LogP contribution in [0.15, 0.2) is 18.5 Å². The number of carbonyl (C=O) groups excluding carboxylic acids is 1. The standard InChI is InChI=1S/C15H22N2O3/c1-10(2)15(4,14(19)20)7-13(18)17-9-12-5-6-16-8-11(12)3/h5-6,8,10H,7,9H2,1-4H3,(H,17,18)(H,19,20). The number of nitrogens with one attached hydrogen (secondary N) is 1. The third-order valence-corrected chi connectivity index (χ3v) is 3.90. The van der Waals surface area contributed by atoms with Gasteiger partial charge in [0.2, 0.25) is 5.91 Å². The van der Waals surface area contributed by atoms with Gasteiger partial charge in [-0.3, -0.25) is 14.6 Å². The summed E-state index contributed by atoms with van der Waals surface area (Å²) in [7, 11) is 0. The molecule has 0 saturated carbocycles. The maximum absolute atomic E-state index is 12.0. The molecule has 0 bridgehead atoms. The van der Waals surface area contributed by atoms with Gasteiger partial charge in [-0.05, 0) is 37.0 Å². The Labute approximate surface area is 119 Å². The molecule has 1 heterocycles. The van der Waals surface area contributed by atoms with E-state index in [1.807, 2.05) is 26.8 Å². The van der Waals surface area contributed by atoms with Crippen LogP contribution in [-0.4, -0.2) is 22.0 Å². The number of aryl methyl sites for hydroxylation is 1. The van der Waals surface area contributed by atoms with Crippen LogP contribution in [-0.2, 0) is 16.1 Å². The fourth-order valence-corrected chi connectivity index (χ4v) is 1.82. The van der Waals surface area contributed by atoms with Gasteiger partial charge in [0, 0.05) is 25.4 Å². The highest BCUT2D eigenvalue weighted by molar-refractivity contribution is 5.84. The minimum absolute atomic E-state index is 0.0237. The number of pyridine rings is 1. The first-order valence-electron chi connectivity index (χ1n) is 6.67. The average molecular weight is 278 g/mol. The molecule has 110 valence electrons. The molecule has 1 atom stereocenters. The zero-order valence-electron chi connectivity index (χ0n) is 12.4. The molecule has 1 aromatic heterocycles. The summed E-state index contributed by atoms with van der Waals surface area (Å²) in [5.74, 6) is -1.31. The fourth-order valence-electron chi connectivity index (χ4n) is 1.82. The van der Waals surface area contributed by atoms with E-state index in [0.717, 1.165) is 11.1 Å². The molecule has 0 aromatic carbocycles. The summed E-state index contributed by atoms with van der Waals surface area (Å²) in [4.78, 5) is 27.3. The van der Waals surface area contributed by atoms with E-state index in [2.05, 4.69) is 10.3 Å². The molecule has 5 nitrogen and oxygen atoms in total. The molecule has 1 amide bonds. The zero-order chi connectivity index (χ0) is 15.3. The molecule has 2 N–H and O–H groups in total. The van der Waals surface area contributed by atoms with Gasteiger partial charge in [0.05, 0.1) is 5.41 Å². The minimum Gasteiger partial charge on any atom is -0.481 e. The normalized spacial score (nSPS) is 13.8. The number of hydrogen-bond acceptors (Lipinski definition) is 3. The Balaban J connectivity index is 2.64. The maximum Gasteiger partial charge on any atom is 0.310 e. The number of carbonyl (C=O) groups is 2. The van der Waals surface area contributed by atoms with Crippen LogP contribution in [0.3, 0.4) is 0 Å². The lowest BCUT2D eigenvalue weighted by molar-refractivity contribution is -0.153. The quantitative estimate of drug-likeness (QED) is 0.835. The second-order valence-corrected chi connectivity index (χ2v) is 5.63. The van der Waals surface area contributed by atoms with Crippen molar-refractivity contribution in [2.24, 2.45) is 11.3 Å². The topological polar surface area (TPSA) is 79.3 Å². The lowest BCUT2D eigenvalue weighted by Crippen LogP contribution is -2.39. The van der Waals surface area contributed by atoms with Crippen molar-refractivity contribution in [3.63, 3.8) is 0 Å². The van der Waals surface area contributed by atoms with Gasteiger partial charge in [-0.2, -0.15) is 0 Å². The maximum atomic E-state index is 12.0. The van der Waals surface area contributed by atoms with Crippen molar-refractivity contribution in [1.82, 2.24) is 10.3 Å². The molecule has 1 unspecified atom stereocenters. The highest BCUT2D eigenvalue weighted by Crippen LogP contribution is 2.31. The number of hydrogen-bond donors (Lipinski definition) is 2. The van der Waals surface area contributed by atoms with E-state index in [1.165, 1.54) is 0 Å². The van der Waals surface area contributed by atoms with Gasteiger partial charge in [0.25, 0.3) is 0 Å². The lowest BCUT2D eigenvalue weighted by Gasteiger charge is -2.28. The second-order valence-electron chi connectivity index (χ2n) is 5.63. The SMILES string of the molecule is Cc1cnccc1CNC(=O)CC(C)(C(=O)O)C(C)C. The van der Waals surface area contributed by atoms with Crippen LogP contribution in [0.4, 0.5) is 0 Å². The molecular formula is C15H22N2O3. The van der Waals surface area contributed by atoms with Gasteiger partial charge in [-0.15, -0.1) is 0 Å². The summed E-state index contributed by atoms with van der Waals surface area (Å²) < 4.78 is 0. The van der Waals surface area contributed by atoms with Gasteiger partial charge in [0.1, 0.15) is 0 Å². The van der Waals surface area contributed by atoms with Crippen LogP contribution in [0.2, 0.25) is 0 Å². The Morgan fingerprint density at radius 2 is 2.10 bits per heavy atom. The first kappa shape index (κ1) is 16.1.